The molecular weight excluding hydrogens is 367 g/mol. The SMILES string of the molecule is O=C([O-])CC(O)(CC(=O)[O-])C(=O)[O-].[Zr+4].[Zr+4]. The summed E-state index contributed by atoms with van der Waals surface area (Å²) in [7, 11) is 0. The summed E-state index contributed by atoms with van der Waals surface area (Å²) < 4.78 is 0. The van der Waals surface area contributed by atoms with Crippen LogP contribution in [0.5, 0.6) is 0 Å². The number of carboxylic acids is 3. The van der Waals surface area contributed by atoms with Crippen LogP contribution in [0.3, 0.4) is 0 Å². The Morgan fingerprint density at radius 2 is 1.20 bits per heavy atom. The van der Waals surface area contributed by atoms with Crippen molar-refractivity contribution in [3.8, 4) is 0 Å². The quantitative estimate of drug-likeness (QED) is 0.509. The fourth-order valence-electron chi connectivity index (χ4n) is 0.684. The fraction of sp³-hybridized carbons (Fsp3) is 0.500. The Bertz CT molecular complexity index is 236. The molecular formula is C6H5O7Zr2+5. The molecule has 0 rings (SSSR count). The molecule has 9 heteroatoms. The van der Waals surface area contributed by atoms with Gasteiger partial charge in [0.2, 0.25) is 0 Å². The normalized spacial score (nSPS) is 9.40. The molecule has 0 unspecified atom stereocenters. The third-order valence-electron chi connectivity index (χ3n) is 1.25. The van der Waals surface area contributed by atoms with Crippen molar-refractivity contribution in [2.24, 2.45) is 0 Å². The van der Waals surface area contributed by atoms with Gasteiger partial charge in [-0.2, -0.15) is 0 Å². The molecule has 0 saturated heterocycles. The minimum absolute atomic E-state index is 0. The van der Waals surface area contributed by atoms with Crippen LogP contribution in [0.15, 0.2) is 0 Å². The molecule has 0 bridgehead atoms. The van der Waals surface area contributed by atoms with Gasteiger partial charge in [-0.3, -0.25) is 0 Å². The van der Waals surface area contributed by atoms with Crippen LogP contribution in [0.1, 0.15) is 12.8 Å². The van der Waals surface area contributed by atoms with Crippen LogP contribution in [0.4, 0.5) is 0 Å². The minimum Gasteiger partial charge on any atom is -0.550 e. The molecule has 0 aromatic carbocycles. The Kier molecular flexibility index (Phi) is 11.4. The molecule has 0 fully saturated rings. The topological polar surface area (TPSA) is 141 Å². The number of carbonyl (C=O) groups is 3. The van der Waals surface area contributed by atoms with E-state index in [0.717, 1.165) is 0 Å². The van der Waals surface area contributed by atoms with Crippen LogP contribution < -0.4 is 15.3 Å². The summed E-state index contributed by atoms with van der Waals surface area (Å²) in [5.41, 5.74) is -2.97. The zero-order valence-electron chi connectivity index (χ0n) is 7.31. The Morgan fingerprint density at radius 1 is 0.933 bits per heavy atom. The average Bonchev–Trinajstić information content (AvgIpc) is 1.82. The average molecular weight is 372 g/mol. The van der Waals surface area contributed by atoms with Gasteiger partial charge in [-0.1, -0.05) is 0 Å². The van der Waals surface area contributed by atoms with Crippen LogP contribution in [-0.4, -0.2) is 28.6 Å². The second-order valence-electron chi connectivity index (χ2n) is 2.42. The van der Waals surface area contributed by atoms with E-state index in [1.54, 1.807) is 0 Å². The van der Waals surface area contributed by atoms with Crippen molar-refractivity contribution in [3.05, 3.63) is 0 Å². The third-order valence-corrected chi connectivity index (χ3v) is 1.25. The van der Waals surface area contributed by atoms with Gasteiger partial charge < -0.3 is 34.8 Å². The second-order valence-corrected chi connectivity index (χ2v) is 2.42. The molecule has 0 atom stereocenters. The molecule has 1 N–H and O–H groups in total. The monoisotopic (exact) mass is 369 g/mol. The third kappa shape index (κ3) is 8.00. The number of aliphatic hydroxyl groups is 1. The Labute approximate surface area is 123 Å². The molecule has 0 aliphatic carbocycles. The summed E-state index contributed by atoms with van der Waals surface area (Å²) in [6.45, 7) is 0. The van der Waals surface area contributed by atoms with E-state index < -0.39 is 36.4 Å². The fourth-order valence-corrected chi connectivity index (χ4v) is 0.684. The van der Waals surface area contributed by atoms with Crippen molar-refractivity contribution >= 4 is 17.9 Å². The first-order valence-corrected chi connectivity index (χ1v) is 3.11. The van der Waals surface area contributed by atoms with E-state index in [1.165, 1.54) is 0 Å². The number of aliphatic carboxylic acids is 3. The maximum atomic E-state index is 10.1. The molecule has 0 aliphatic heterocycles. The number of rotatable bonds is 5. The summed E-state index contributed by atoms with van der Waals surface area (Å²) in [5, 5.41) is 38.9. The van der Waals surface area contributed by atoms with Gasteiger partial charge in [0.1, 0.15) is 5.60 Å². The van der Waals surface area contributed by atoms with E-state index in [1.807, 2.05) is 0 Å². The van der Waals surface area contributed by atoms with Gasteiger partial charge in [-0.25, -0.2) is 0 Å². The maximum Gasteiger partial charge on any atom is 4.00 e. The Morgan fingerprint density at radius 3 is 1.33 bits per heavy atom. The molecule has 0 radical (unpaired) electrons. The summed E-state index contributed by atoms with van der Waals surface area (Å²) in [5.74, 6) is -5.98. The zero-order valence-corrected chi connectivity index (χ0v) is 12.2. The van der Waals surface area contributed by atoms with Crippen LogP contribution >= 0.6 is 0 Å². The van der Waals surface area contributed by atoms with Crippen LogP contribution in [0.25, 0.3) is 0 Å². The first-order chi connectivity index (χ1) is 5.78. The van der Waals surface area contributed by atoms with E-state index in [0.29, 0.717) is 0 Å². The van der Waals surface area contributed by atoms with Crippen LogP contribution in [-0.2, 0) is 66.8 Å². The second kappa shape index (κ2) is 8.31. The van der Waals surface area contributed by atoms with Crippen molar-refractivity contribution in [1.82, 2.24) is 0 Å². The minimum atomic E-state index is -2.97. The van der Waals surface area contributed by atoms with Crippen molar-refractivity contribution < 1.29 is 87.2 Å². The predicted molar refractivity (Wildman–Crippen MR) is 29.2 cm³/mol. The molecule has 0 aromatic rings. The molecule has 7 nitrogen and oxygen atoms in total. The molecule has 0 aromatic heterocycles. The first-order valence-electron chi connectivity index (χ1n) is 3.11. The van der Waals surface area contributed by atoms with Gasteiger partial charge in [0, 0.05) is 24.8 Å². The van der Waals surface area contributed by atoms with Gasteiger partial charge in [-0.05, 0) is 0 Å². The standard InChI is InChI=1S/C6H8O7.2Zr/c7-3(8)1-6(13,5(11)12)2-4(9)10;;/h13H,1-2H2,(H,7,8)(H,9,10)(H,11,12);;/q;2*+4/p-3. The molecule has 0 heterocycles. The van der Waals surface area contributed by atoms with Gasteiger partial charge in [-0.15, -0.1) is 0 Å². The summed E-state index contributed by atoms with van der Waals surface area (Å²) in [4.78, 5) is 30.0. The summed E-state index contributed by atoms with van der Waals surface area (Å²) in [6.07, 6.45) is -2.72. The van der Waals surface area contributed by atoms with Crippen LogP contribution in [0.2, 0.25) is 0 Å². The van der Waals surface area contributed by atoms with Crippen molar-refractivity contribution in [1.29, 1.82) is 0 Å². The van der Waals surface area contributed by atoms with Gasteiger partial charge in [0.05, 0.1) is 5.97 Å². The van der Waals surface area contributed by atoms with E-state index in [4.69, 9.17) is 5.11 Å². The van der Waals surface area contributed by atoms with Gasteiger partial charge in [0.15, 0.2) is 0 Å². The first kappa shape index (κ1) is 20.5. The summed E-state index contributed by atoms with van der Waals surface area (Å²) >= 11 is 0. The van der Waals surface area contributed by atoms with Crippen molar-refractivity contribution in [3.63, 3.8) is 0 Å². The molecule has 0 spiro atoms. The molecule has 0 amide bonds. The van der Waals surface area contributed by atoms with E-state index >= 15 is 0 Å². The molecule has 0 saturated carbocycles. The molecule has 15 heavy (non-hydrogen) atoms. The molecule has 74 valence electrons. The predicted octanol–water partition coefficient (Wildman–Crippen LogP) is -5.26. The van der Waals surface area contributed by atoms with E-state index in [9.17, 15) is 29.7 Å². The smallest absolute Gasteiger partial charge is 0.550 e. The van der Waals surface area contributed by atoms with Crippen molar-refractivity contribution in [2.75, 3.05) is 0 Å². The van der Waals surface area contributed by atoms with Gasteiger partial charge >= 0.3 is 52.4 Å². The zero-order chi connectivity index (χ0) is 10.6. The Balaban J connectivity index is -0.000000720. The largest absolute Gasteiger partial charge is 4.00 e. The van der Waals surface area contributed by atoms with E-state index in [2.05, 4.69) is 0 Å². The van der Waals surface area contributed by atoms with E-state index in [-0.39, 0.29) is 52.4 Å². The Hall–Kier alpha value is 0.136. The number of carbonyl (C=O) groups excluding carboxylic acids is 3. The number of hydrogen-bond acceptors (Lipinski definition) is 7. The summed E-state index contributed by atoms with van der Waals surface area (Å²) in [6, 6.07) is 0. The van der Waals surface area contributed by atoms with Crippen molar-refractivity contribution in [2.45, 2.75) is 18.4 Å². The molecule has 0 aliphatic rings. The number of carboxylic acid groups (broad SMARTS) is 3. The van der Waals surface area contributed by atoms with Gasteiger partial charge in [0.25, 0.3) is 0 Å². The maximum absolute atomic E-state index is 10.1. The van der Waals surface area contributed by atoms with Crippen LogP contribution in [0, 0.1) is 0 Å². The number of hydrogen-bond donors (Lipinski definition) is 1.